The molecule has 0 aliphatic heterocycles. The van der Waals surface area contributed by atoms with Gasteiger partial charge in [0.25, 0.3) is 0 Å². The van der Waals surface area contributed by atoms with E-state index in [4.69, 9.17) is 10.7 Å². The van der Waals surface area contributed by atoms with Gasteiger partial charge in [-0.1, -0.05) is 0 Å². The van der Waals surface area contributed by atoms with Gasteiger partial charge in [-0.3, -0.25) is 0 Å². The van der Waals surface area contributed by atoms with Crippen LogP contribution >= 0.6 is 9.21 Å². The molecule has 6 heteroatoms. The van der Waals surface area contributed by atoms with Crippen molar-refractivity contribution in [3.8, 4) is 0 Å². The van der Waals surface area contributed by atoms with Gasteiger partial charge in [0, 0.05) is 0 Å². The summed E-state index contributed by atoms with van der Waals surface area (Å²) < 4.78 is 29.1. The molecule has 0 aliphatic carbocycles. The van der Waals surface area contributed by atoms with E-state index in [1.54, 1.807) is 13.8 Å². The monoisotopic (exact) mass is 325 g/mol. The van der Waals surface area contributed by atoms with Crippen molar-refractivity contribution < 1.29 is 32.4 Å². The van der Waals surface area contributed by atoms with Crippen molar-refractivity contribution >= 4 is 9.21 Å². The molecule has 0 amide bonds. The summed E-state index contributed by atoms with van der Waals surface area (Å²) in [7, 11) is 0.335. The molecule has 13 heavy (non-hydrogen) atoms. The van der Waals surface area contributed by atoms with Crippen LogP contribution in [0.25, 0.3) is 0 Å². The third-order valence-electron chi connectivity index (χ3n) is 1.22. The van der Waals surface area contributed by atoms with E-state index < -0.39 is 18.3 Å². The summed E-state index contributed by atoms with van der Waals surface area (Å²) in [6.07, 6.45) is 0.568. The molecule has 0 aromatic heterocycles. The van der Waals surface area contributed by atoms with Crippen molar-refractivity contribution in [2.45, 2.75) is 46.3 Å². The van der Waals surface area contributed by atoms with Gasteiger partial charge in [-0.25, -0.2) is 0 Å². The minimum absolute atomic E-state index is 0.0835. The summed E-state index contributed by atoms with van der Waals surface area (Å²) >= 11 is -3.83. The SMILES string of the molecule is CC[C@@H](C)O[I-](O)(OC(C)C)SO. The zero-order valence-electron chi connectivity index (χ0n) is 8.36. The first-order chi connectivity index (χ1) is 5.93. The Kier molecular flexibility index (Phi) is 6.87. The first-order valence-corrected chi connectivity index (χ1v) is 10.2. The van der Waals surface area contributed by atoms with E-state index >= 15 is 0 Å². The van der Waals surface area contributed by atoms with Crippen LogP contribution in [-0.2, 0) is 6.13 Å². The molecule has 0 rings (SSSR count). The zero-order valence-corrected chi connectivity index (χ0v) is 11.3. The fourth-order valence-electron chi connectivity index (χ4n) is 0.534. The van der Waals surface area contributed by atoms with Crippen molar-refractivity contribution in [3.05, 3.63) is 0 Å². The fraction of sp³-hybridized carbons (Fsp3) is 1.00. The van der Waals surface area contributed by atoms with Gasteiger partial charge in [-0.05, 0) is 0 Å². The third kappa shape index (κ3) is 6.08. The maximum absolute atomic E-state index is 9.74. The number of rotatable bonds is 6. The normalized spacial score (nSPS) is 21.2. The Labute approximate surface area is 87.8 Å². The summed E-state index contributed by atoms with van der Waals surface area (Å²) in [5, 5.41) is 0. The van der Waals surface area contributed by atoms with Crippen LogP contribution in [0.4, 0.5) is 0 Å². The number of hydrogen-bond donors (Lipinski definition) is 2. The predicted octanol–water partition coefficient (Wildman–Crippen LogP) is -0.755. The van der Waals surface area contributed by atoms with Gasteiger partial charge >= 0.3 is 88.0 Å². The van der Waals surface area contributed by atoms with Gasteiger partial charge in [-0.2, -0.15) is 0 Å². The Hall–Kier alpha value is 0.920. The molecule has 0 saturated heterocycles. The molecule has 0 aromatic carbocycles. The summed E-state index contributed by atoms with van der Waals surface area (Å²) in [6, 6.07) is 0. The van der Waals surface area contributed by atoms with E-state index in [2.05, 4.69) is 0 Å². The minimum atomic E-state index is -3.83. The van der Waals surface area contributed by atoms with E-state index in [9.17, 15) is 3.44 Å². The van der Waals surface area contributed by atoms with Crippen LogP contribution in [0.15, 0.2) is 0 Å². The average molecular weight is 325 g/mol. The summed E-state index contributed by atoms with van der Waals surface area (Å²) in [5.74, 6) is 0. The van der Waals surface area contributed by atoms with Crippen LogP contribution in [0, 0.1) is 0 Å². The Morgan fingerprint density at radius 2 is 1.85 bits per heavy atom. The van der Waals surface area contributed by atoms with Crippen LogP contribution in [0.1, 0.15) is 34.1 Å². The molecule has 0 heterocycles. The third-order valence-corrected chi connectivity index (χ3v) is 7.03. The second kappa shape index (κ2) is 6.41. The van der Waals surface area contributed by atoms with Crippen LogP contribution in [0.5, 0.6) is 0 Å². The summed E-state index contributed by atoms with van der Waals surface area (Å²) in [5.41, 5.74) is 0. The molecule has 0 aromatic rings. The number of hydrogen-bond acceptors (Lipinski definition) is 5. The van der Waals surface area contributed by atoms with Gasteiger partial charge in [0.2, 0.25) is 0 Å². The Bertz CT molecular complexity index is 146. The molecule has 0 bridgehead atoms. The molecule has 0 fully saturated rings. The second-order valence-corrected chi connectivity index (χ2v) is 10.1. The van der Waals surface area contributed by atoms with Gasteiger partial charge in [0.05, 0.1) is 0 Å². The molecular formula is C7H18IO4S-. The van der Waals surface area contributed by atoms with Gasteiger partial charge in [0.15, 0.2) is 0 Å². The zero-order chi connectivity index (χ0) is 10.5. The molecule has 2 atom stereocenters. The molecule has 4 nitrogen and oxygen atoms in total. The van der Waals surface area contributed by atoms with Crippen molar-refractivity contribution in [3.63, 3.8) is 0 Å². The predicted molar refractivity (Wildman–Crippen MR) is 49.5 cm³/mol. The molecule has 0 aliphatic rings. The summed E-state index contributed by atoms with van der Waals surface area (Å²) in [6.45, 7) is 7.38. The van der Waals surface area contributed by atoms with Crippen molar-refractivity contribution in [2.24, 2.45) is 0 Å². The van der Waals surface area contributed by atoms with Crippen LogP contribution < -0.4 is 18.3 Å². The number of halogens is 1. The van der Waals surface area contributed by atoms with Crippen LogP contribution in [0.3, 0.4) is 0 Å². The quantitative estimate of drug-likeness (QED) is 0.497. The van der Waals surface area contributed by atoms with E-state index in [1.807, 2.05) is 13.8 Å². The van der Waals surface area contributed by atoms with Gasteiger partial charge in [-0.15, -0.1) is 0 Å². The first kappa shape index (κ1) is 13.9. The summed E-state index contributed by atoms with van der Waals surface area (Å²) in [4.78, 5) is 0. The Morgan fingerprint density at radius 1 is 1.31 bits per heavy atom. The molecule has 0 saturated carbocycles. The van der Waals surface area contributed by atoms with E-state index in [0.717, 1.165) is 6.42 Å². The Balaban J connectivity index is 4.10. The van der Waals surface area contributed by atoms with Crippen LogP contribution in [0.2, 0.25) is 0 Å². The van der Waals surface area contributed by atoms with Gasteiger partial charge in [0.1, 0.15) is 0 Å². The molecule has 1 unspecified atom stereocenters. The fourth-order valence-corrected chi connectivity index (χ4v) is 5.83. The molecule has 84 valence electrons. The first-order valence-electron chi connectivity index (χ1n) is 4.13. The molecule has 0 radical (unpaired) electrons. The second-order valence-electron chi connectivity index (χ2n) is 2.91. The average Bonchev–Trinajstić information content (AvgIpc) is 2.02. The molecular weight excluding hydrogens is 307 g/mol. The van der Waals surface area contributed by atoms with E-state index in [0.29, 0.717) is 9.21 Å². The molecule has 0 spiro atoms. The van der Waals surface area contributed by atoms with Crippen molar-refractivity contribution in [1.82, 2.24) is 0 Å². The molecule has 2 N–H and O–H groups in total. The standard InChI is InChI=1S/C7H18IO4S/c1-5-7(4)12-8(9,13-10)11-6(2)3/h6-7,9-10H,5H2,1-4H3/q-1/t7-/m1/s1. The Morgan fingerprint density at radius 3 is 2.15 bits per heavy atom. The van der Waals surface area contributed by atoms with Crippen LogP contribution in [-0.4, -0.2) is 20.2 Å². The van der Waals surface area contributed by atoms with Gasteiger partial charge < -0.3 is 0 Å². The van der Waals surface area contributed by atoms with E-state index in [-0.39, 0.29) is 12.2 Å². The van der Waals surface area contributed by atoms with Crippen molar-refractivity contribution in [1.29, 1.82) is 0 Å². The topological polar surface area (TPSA) is 58.9 Å². The van der Waals surface area contributed by atoms with Crippen molar-refractivity contribution in [2.75, 3.05) is 0 Å². The maximum atomic E-state index is 9.74. The van der Waals surface area contributed by atoms with E-state index in [1.165, 1.54) is 0 Å².